The Morgan fingerprint density at radius 1 is 1.09 bits per heavy atom. The number of hydrogen-bond acceptors (Lipinski definition) is 3. The summed E-state index contributed by atoms with van der Waals surface area (Å²) >= 11 is 6.17. The van der Waals surface area contributed by atoms with Crippen molar-refractivity contribution in [3.8, 4) is 5.75 Å². The van der Waals surface area contributed by atoms with Gasteiger partial charge in [0.05, 0.1) is 5.02 Å². The van der Waals surface area contributed by atoms with Crippen LogP contribution in [0.25, 0.3) is 0 Å². The summed E-state index contributed by atoms with van der Waals surface area (Å²) in [6.07, 6.45) is 6.04. The van der Waals surface area contributed by atoms with E-state index in [9.17, 15) is 9.59 Å². The molecule has 1 fully saturated rings. The van der Waals surface area contributed by atoms with Crippen LogP contribution < -0.4 is 10.1 Å². The van der Waals surface area contributed by atoms with E-state index in [-0.39, 0.29) is 24.5 Å². The molecule has 0 aliphatic heterocycles. The maximum Gasteiger partial charge on any atom is 0.261 e. The van der Waals surface area contributed by atoms with Crippen LogP contribution in [0.2, 0.25) is 5.02 Å². The van der Waals surface area contributed by atoms with Gasteiger partial charge in [-0.25, -0.2) is 0 Å². The lowest BCUT2D eigenvalue weighted by molar-refractivity contribution is -0.143. The van der Waals surface area contributed by atoms with E-state index in [1.54, 1.807) is 17.0 Å². The third-order valence-corrected chi connectivity index (χ3v) is 6.44. The first-order valence-electron chi connectivity index (χ1n) is 11.5. The van der Waals surface area contributed by atoms with Crippen molar-refractivity contribution in [1.29, 1.82) is 0 Å². The molecule has 0 saturated heterocycles. The molecule has 2 amide bonds. The highest BCUT2D eigenvalue weighted by atomic mass is 35.5. The number of benzene rings is 2. The van der Waals surface area contributed by atoms with E-state index in [4.69, 9.17) is 16.3 Å². The van der Waals surface area contributed by atoms with Gasteiger partial charge in [-0.15, -0.1) is 0 Å². The van der Waals surface area contributed by atoms with Crippen LogP contribution in [0.1, 0.15) is 56.6 Å². The zero-order valence-electron chi connectivity index (χ0n) is 19.0. The van der Waals surface area contributed by atoms with Gasteiger partial charge >= 0.3 is 0 Å². The summed E-state index contributed by atoms with van der Waals surface area (Å²) in [5.41, 5.74) is 2.10. The summed E-state index contributed by atoms with van der Waals surface area (Å²) in [6.45, 7) is 4.14. The summed E-state index contributed by atoms with van der Waals surface area (Å²) in [5, 5.41) is 3.65. The summed E-state index contributed by atoms with van der Waals surface area (Å²) in [7, 11) is 0. The maximum absolute atomic E-state index is 13.3. The van der Waals surface area contributed by atoms with Gasteiger partial charge in [-0.05, 0) is 49.4 Å². The van der Waals surface area contributed by atoms with Gasteiger partial charge in [0.15, 0.2) is 6.61 Å². The third kappa shape index (κ3) is 6.49. The SMILES string of the molecule is CC[C@@H](C(=O)NC1CCCCC1)N(Cc1ccccc1C)C(=O)COc1ccccc1Cl. The molecule has 1 atom stereocenters. The Hall–Kier alpha value is -2.53. The molecule has 6 heteroatoms. The molecule has 0 spiro atoms. The molecule has 3 rings (SSSR count). The lowest BCUT2D eigenvalue weighted by Gasteiger charge is -2.33. The predicted octanol–water partition coefficient (Wildman–Crippen LogP) is 5.28. The van der Waals surface area contributed by atoms with E-state index in [0.29, 0.717) is 23.7 Å². The van der Waals surface area contributed by atoms with E-state index in [2.05, 4.69) is 5.32 Å². The molecule has 0 unspecified atom stereocenters. The molecule has 0 aromatic heterocycles. The molecule has 5 nitrogen and oxygen atoms in total. The second-order valence-corrected chi connectivity index (χ2v) is 8.84. The average Bonchev–Trinajstić information content (AvgIpc) is 2.80. The second-order valence-electron chi connectivity index (χ2n) is 8.43. The maximum atomic E-state index is 13.3. The number of rotatable bonds is 9. The predicted molar refractivity (Wildman–Crippen MR) is 128 cm³/mol. The molecule has 0 radical (unpaired) electrons. The molecule has 0 bridgehead atoms. The Morgan fingerprint density at radius 2 is 1.78 bits per heavy atom. The number of ether oxygens (including phenoxy) is 1. The van der Waals surface area contributed by atoms with Crippen molar-refractivity contribution in [2.75, 3.05) is 6.61 Å². The van der Waals surface area contributed by atoms with Crippen molar-refractivity contribution in [3.63, 3.8) is 0 Å². The molecular weight excluding hydrogens is 424 g/mol. The van der Waals surface area contributed by atoms with E-state index in [0.717, 1.165) is 36.8 Å². The molecule has 1 aliphatic rings. The molecule has 32 heavy (non-hydrogen) atoms. The normalized spacial score (nSPS) is 15.1. The van der Waals surface area contributed by atoms with E-state index in [1.807, 2.05) is 50.2 Å². The van der Waals surface area contributed by atoms with Gasteiger partial charge in [0.25, 0.3) is 5.91 Å². The molecule has 0 heterocycles. The minimum atomic E-state index is -0.557. The van der Waals surface area contributed by atoms with E-state index in [1.165, 1.54) is 6.42 Å². The lowest BCUT2D eigenvalue weighted by atomic mass is 9.95. The van der Waals surface area contributed by atoms with Crippen LogP contribution in [0.15, 0.2) is 48.5 Å². The number of para-hydroxylation sites is 1. The van der Waals surface area contributed by atoms with Crippen LogP contribution in [0, 0.1) is 6.92 Å². The first-order chi connectivity index (χ1) is 15.5. The number of nitrogens with one attached hydrogen (secondary N) is 1. The number of aryl methyl sites for hydroxylation is 1. The first kappa shape index (κ1) is 24.1. The van der Waals surface area contributed by atoms with Gasteiger partial charge < -0.3 is 15.0 Å². The minimum Gasteiger partial charge on any atom is -0.482 e. The van der Waals surface area contributed by atoms with Crippen molar-refractivity contribution in [2.24, 2.45) is 0 Å². The van der Waals surface area contributed by atoms with Crippen LogP contribution in [0.4, 0.5) is 0 Å². The number of nitrogens with zero attached hydrogens (tertiary/aromatic N) is 1. The highest BCUT2D eigenvalue weighted by molar-refractivity contribution is 6.32. The Morgan fingerprint density at radius 3 is 2.47 bits per heavy atom. The van der Waals surface area contributed by atoms with Crippen molar-refractivity contribution < 1.29 is 14.3 Å². The summed E-state index contributed by atoms with van der Waals surface area (Å²) in [6, 6.07) is 14.6. The number of hydrogen-bond donors (Lipinski definition) is 1. The Bertz CT molecular complexity index is 911. The van der Waals surface area contributed by atoms with Crippen LogP contribution in [-0.4, -0.2) is 35.4 Å². The molecule has 172 valence electrons. The monoisotopic (exact) mass is 456 g/mol. The molecule has 2 aromatic carbocycles. The van der Waals surface area contributed by atoms with Crippen LogP contribution in [0.5, 0.6) is 5.75 Å². The number of halogens is 1. The minimum absolute atomic E-state index is 0.0842. The van der Waals surface area contributed by atoms with Crippen molar-refractivity contribution in [3.05, 3.63) is 64.7 Å². The van der Waals surface area contributed by atoms with Crippen LogP contribution in [0.3, 0.4) is 0 Å². The largest absolute Gasteiger partial charge is 0.482 e. The molecule has 1 N–H and O–H groups in total. The number of carbonyl (C=O) groups is 2. The van der Waals surface area contributed by atoms with Crippen molar-refractivity contribution in [2.45, 2.75) is 71.0 Å². The van der Waals surface area contributed by atoms with E-state index >= 15 is 0 Å². The second kappa shape index (κ2) is 11.9. The fourth-order valence-corrected chi connectivity index (χ4v) is 4.41. The highest BCUT2D eigenvalue weighted by Gasteiger charge is 2.30. The Labute approximate surface area is 196 Å². The first-order valence-corrected chi connectivity index (χ1v) is 11.9. The Balaban J connectivity index is 1.77. The van der Waals surface area contributed by atoms with Gasteiger partial charge in [-0.2, -0.15) is 0 Å². The quantitative estimate of drug-likeness (QED) is 0.558. The summed E-state index contributed by atoms with van der Waals surface area (Å²) in [4.78, 5) is 28.2. The van der Waals surface area contributed by atoms with Crippen LogP contribution >= 0.6 is 11.6 Å². The smallest absolute Gasteiger partial charge is 0.261 e. The van der Waals surface area contributed by atoms with Gasteiger partial charge in [-0.1, -0.05) is 74.2 Å². The molecule has 2 aromatic rings. The van der Waals surface area contributed by atoms with E-state index < -0.39 is 6.04 Å². The summed E-state index contributed by atoms with van der Waals surface area (Å²) in [5.74, 6) is 0.135. The lowest BCUT2D eigenvalue weighted by Crippen LogP contribution is -2.52. The van der Waals surface area contributed by atoms with Gasteiger partial charge in [0.1, 0.15) is 11.8 Å². The highest BCUT2D eigenvalue weighted by Crippen LogP contribution is 2.24. The fraction of sp³-hybridized carbons (Fsp3) is 0.462. The number of amides is 2. The van der Waals surface area contributed by atoms with Crippen molar-refractivity contribution >= 4 is 23.4 Å². The van der Waals surface area contributed by atoms with Gasteiger partial charge in [0.2, 0.25) is 5.91 Å². The number of carbonyl (C=O) groups excluding carboxylic acids is 2. The average molecular weight is 457 g/mol. The van der Waals surface area contributed by atoms with Crippen molar-refractivity contribution in [1.82, 2.24) is 10.2 Å². The summed E-state index contributed by atoms with van der Waals surface area (Å²) < 4.78 is 5.72. The van der Waals surface area contributed by atoms with Crippen LogP contribution in [-0.2, 0) is 16.1 Å². The van der Waals surface area contributed by atoms with Gasteiger partial charge in [-0.3, -0.25) is 9.59 Å². The fourth-order valence-electron chi connectivity index (χ4n) is 4.22. The Kier molecular flexibility index (Phi) is 8.98. The van der Waals surface area contributed by atoms with Gasteiger partial charge in [0, 0.05) is 12.6 Å². The third-order valence-electron chi connectivity index (χ3n) is 6.13. The standard InChI is InChI=1S/C26H33ClN2O3/c1-3-23(26(31)28-21-13-5-4-6-14-21)29(17-20-12-8-7-11-19(20)2)25(30)18-32-24-16-10-9-15-22(24)27/h7-12,15-16,21,23H,3-6,13-14,17-18H2,1-2H3,(H,28,31)/t23-/m0/s1. The molecule has 1 saturated carbocycles. The zero-order chi connectivity index (χ0) is 22.9. The molecule has 1 aliphatic carbocycles. The zero-order valence-corrected chi connectivity index (χ0v) is 19.7. The topological polar surface area (TPSA) is 58.6 Å². The molecular formula is C26H33ClN2O3.